The first-order valence-electron chi connectivity index (χ1n) is 5.67. The lowest BCUT2D eigenvalue weighted by atomic mass is 10.0. The summed E-state index contributed by atoms with van der Waals surface area (Å²) in [5.74, 6) is -1.48. The van der Waals surface area contributed by atoms with Crippen molar-refractivity contribution in [3.63, 3.8) is 0 Å². The van der Waals surface area contributed by atoms with Crippen LogP contribution in [0.2, 0.25) is 0 Å². The second-order valence-electron chi connectivity index (χ2n) is 4.51. The first-order chi connectivity index (χ1) is 7.59. The second kappa shape index (κ2) is 4.23. The van der Waals surface area contributed by atoms with Gasteiger partial charge in [0, 0.05) is 18.9 Å². The number of nitrogens with zero attached hydrogens (tertiary/aromatic N) is 1. The van der Waals surface area contributed by atoms with E-state index in [-0.39, 0.29) is 17.9 Å². The van der Waals surface area contributed by atoms with E-state index in [1.54, 1.807) is 0 Å². The van der Waals surface area contributed by atoms with E-state index < -0.39 is 11.9 Å². The monoisotopic (exact) mass is 225 g/mol. The van der Waals surface area contributed by atoms with Gasteiger partial charge in [-0.1, -0.05) is 0 Å². The van der Waals surface area contributed by atoms with E-state index in [4.69, 9.17) is 5.11 Å². The molecule has 0 aromatic rings. The number of carbonyl (C=O) groups excluding carboxylic acids is 2. The predicted octanol–water partition coefficient (Wildman–Crippen LogP) is 0.779. The molecule has 0 aromatic carbocycles. The summed E-state index contributed by atoms with van der Waals surface area (Å²) in [6.07, 6.45) is 3.08. The molecule has 0 spiro atoms. The topological polar surface area (TPSA) is 74.7 Å². The fourth-order valence-electron chi connectivity index (χ4n) is 2.59. The maximum absolute atomic E-state index is 11.6. The summed E-state index contributed by atoms with van der Waals surface area (Å²) in [6, 6.07) is -0.179. The Labute approximate surface area is 93.4 Å². The van der Waals surface area contributed by atoms with Gasteiger partial charge in [-0.3, -0.25) is 19.3 Å². The van der Waals surface area contributed by atoms with E-state index in [0.29, 0.717) is 38.5 Å². The number of likely N-dealkylation sites (tertiary alicyclic amines) is 1. The Bertz CT molecular complexity index is 323. The van der Waals surface area contributed by atoms with Crippen LogP contribution in [0.1, 0.15) is 38.5 Å². The van der Waals surface area contributed by atoms with Crippen molar-refractivity contribution >= 4 is 17.8 Å². The highest BCUT2D eigenvalue weighted by molar-refractivity contribution is 5.98. The van der Waals surface area contributed by atoms with Crippen LogP contribution < -0.4 is 0 Å². The van der Waals surface area contributed by atoms with E-state index >= 15 is 0 Å². The normalized spacial score (nSPS) is 30.9. The van der Waals surface area contributed by atoms with Gasteiger partial charge in [0.1, 0.15) is 0 Å². The summed E-state index contributed by atoms with van der Waals surface area (Å²) >= 11 is 0. The molecule has 2 fully saturated rings. The number of rotatable bonds is 2. The van der Waals surface area contributed by atoms with Crippen LogP contribution in [0.5, 0.6) is 0 Å². The van der Waals surface area contributed by atoms with E-state index in [1.165, 1.54) is 4.90 Å². The average molecular weight is 225 g/mol. The summed E-state index contributed by atoms with van der Waals surface area (Å²) in [6.45, 7) is 0. The number of hydrogen-bond donors (Lipinski definition) is 1. The lowest BCUT2D eigenvalue weighted by Gasteiger charge is -2.30. The van der Waals surface area contributed by atoms with Crippen LogP contribution in [0.25, 0.3) is 0 Å². The molecule has 16 heavy (non-hydrogen) atoms. The van der Waals surface area contributed by atoms with Gasteiger partial charge in [0.25, 0.3) is 0 Å². The van der Waals surface area contributed by atoms with Crippen LogP contribution in [0, 0.1) is 5.92 Å². The number of imide groups is 1. The third kappa shape index (κ3) is 1.94. The van der Waals surface area contributed by atoms with Gasteiger partial charge >= 0.3 is 5.97 Å². The Morgan fingerprint density at radius 1 is 1.19 bits per heavy atom. The molecule has 1 saturated heterocycles. The highest BCUT2D eigenvalue weighted by atomic mass is 16.4. The van der Waals surface area contributed by atoms with Crippen molar-refractivity contribution in [2.45, 2.75) is 44.6 Å². The molecule has 88 valence electrons. The lowest BCUT2D eigenvalue weighted by Crippen LogP contribution is -2.46. The van der Waals surface area contributed by atoms with E-state index in [9.17, 15) is 14.4 Å². The highest BCUT2D eigenvalue weighted by Gasteiger charge is 2.39. The first-order valence-corrected chi connectivity index (χ1v) is 5.67. The van der Waals surface area contributed by atoms with Crippen molar-refractivity contribution in [1.29, 1.82) is 0 Å². The van der Waals surface area contributed by atoms with E-state index in [1.807, 2.05) is 0 Å². The maximum Gasteiger partial charge on any atom is 0.306 e. The van der Waals surface area contributed by atoms with Crippen molar-refractivity contribution in [2.75, 3.05) is 0 Å². The smallest absolute Gasteiger partial charge is 0.306 e. The van der Waals surface area contributed by atoms with Gasteiger partial charge in [-0.2, -0.15) is 0 Å². The molecule has 1 aliphatic heterocycles. The standard InChI is InChI=1S/C11H15NO4/c13-9-2-1-3-10(14)12(9)8-5-4-7(6-8)11(15)16/h7-8H,1-6H2,(H,15,16)/t7-,8+/m1/s1. The number of carboxylic acid groups (broad SMARTS) is 1. The number of piperidine rings is 1. The molecule has 5 heteroatoms. The minimum absolute atomic E-state index is 0.132. The van der Waals surface area contributed by atoms with Gasteiger partial charge in [0.2, 0.25) is 11.8 Å². The van der Waals surface area contributed by atoms with Crippen molar-refractivity contribution < 1.29 is 19.5 Å². The highest BCUT2D eigenvalue weighted by Crippen LogP contribution is 2.31. The summed E-state index contributed by atoms with van der Waals surface area (Å²) in [4.78, 5) is 35.4. The Hall–Kier alpha value is -1.39. The average Bonchev–Trinajstić information content (AvgIpc) is 2.66. The third-order valence-corrected chi connectivity index (χ3v) is 3.44. The molecule has 2 rings (SSSR count). The van der Waals surface area contributed by atoms with Gasteiger partial charge in [0.05, 0.1) is 5.92 Å². The second-order valence-corrected chi connectivity index (χ2v) is 4.51. The molecule has 0 unspecified atom stereocenters. The number of carboxylic acids is 1. The van der Waals surface area contributed by atoms with E-state index in [2.05, 4.69) is 0 Å². The van der Waals surface area contributed by atoms with Crippen LogP contribution in [-0.4, -0.2) is 33.8 Å². The van der Waals surface area contributed by atoms with Gasteiger partial charge < -0.3 is 5.11 Å². The predicted molar refractivity (Wildman–Crippen MR) is 54.5 cm³/mol. The largest absolute Gasteiger partial charge is 0.481 e. The number of aliphatic carboxylic acids is 1. The molecule has 5 nitrogen and oxygen atoms in total. The van der Waals surface area contributed by atoms with Crippen molar-refractivity contribution in [2.24, 2.45) is 5.92 Å². The molecule has 1 saturated carbocycles. The van der Waals surface area contributed by atoms with Gasteiger partial charge in [0.15, 0.2) is 0 Å². The van der Waals surface area contributed by atoms with Crippen molar-refractivity contribution in [3.05, 3.63) is 0 Å². The zero-order chi connectivity index (χ0) is 11.7. The zero-order valence-electron chi connectivity index (χ0n) is 9.02. The third-order valence-electron chi connectivity index (χ3n) is 3.44. The van der Waals surface area contributed by atoms with Crippen molar-refractivity contribution in [3.8, 4) is 0 Å². The minimum Gasteiger partial charge on any atom is -0.481 e. The fourth-order valence-corrected chi connectivity index (χ4v) is 2.59. The lowest BCUT2D eigenvalue weighted by molar-refractivity contribution is -0.151. The van der Waals surface area contributed by atoms with Crippen LogP contribution in [0.4, 0.5) is 0 Å². The van der Waals surface area contributed by atoms with Gasteiger partial charge in [-0.25, -0.2) is 0 Å². The first kappa shape index (κ1) is 11.1. The Balaban J connectivity index is 2.05. The van der Waals surface area contributed by atoms with Gasteiger partial charge in [-0.15, -0.1) is 0 Å². The Morgan fingerprint density at radius 3 is 2.31 bits per heavy atom. The molecule has 0 bridgehead atoms. The van der Waals surface area contributed by atoms with Crippen LogP contribution in [0.3, 0.4) is 0 Å². The summed E-state index contributed by atoms with van der Waals surface area (Å²) in [5.41, 5.74) is 0. The van der Waals surface area contributed by atoms with E-state index in [0.717, 1.165) is 0 Å². The maximum atomic E-state index is 11.6. The minimum atomic E-state index is -0.820. The molecule has 1 aliphatic carbocycles. The molecular weight excluding hydrogens is 210 g/mol. The summed E-state index contributed by atoms with van der Waals surface area (Å²) in [5, 5.41) is 8.87. The number of amides is 2. The van der Waals surface area contributed by atoms with Gasteiger partial charge in [-0.05, 0) is 25.7 Å². The van der Waals surface area contributed by atoms with Crippen LogP contribution in [0.15, 0.2) is 0 Å². The van der Waals surface area contributed by atoms with Crippen molar-refractivity contribution in [1.82, 2.24) is 4.90 Å². The fraction of sp³-hybridized carbons (Fsp3) is 0.727. The molecule has 0 radical (unpaired) electrons. The molecule has 2 amide bonds. The Kier molecular flexibility index (Phi) is 2.94. The SMILES string of the molecule is O=C(O)[C@@H]1CC[C@H](N2C(=O)CCCC2=O)C1. The summed E-state index contributed by atoms with van der Waals surface area (Å²) in [7, 11) is 0. The molecule has 0 aromatic heterocycles. The molecule has 1 N–H and O–H groups in total. The molecule has 1 heterocycles. The molecule has 2 aliphatic rings. The van der Waals surface area contributed by atoms with Crippen LogP contribution >= 0.6 is 0 Å². The Morgan fingerprint density at radius 2 is 1.81 bits per heavy atom. The quantitative estimate of drug-likeness (QED) is 0.705. The molecule has 2 atom stereocenters. The zero-order valence-corrected chi connectivity index (χ0v) is 9.02. The van der Waals surface area contributed by atoms with Crippen LogP contribution in [-0.2, 0) is 14.4 Å². The molecular formula is C11H15NO4. The number of hydrogen-bond acceptors (Lipinski definition) is 3. The number of carbonyl (C=O) groups is 3. The summed E-state index contributed by atoms with van der Waals surface area (Å²) < 4.78 is 0.